The van der Waals surface area contributed by atoms with Gasteiger partial charge in [-0.15, -0.1) is 11.8 Å². The number of anilines is 2. The molecular formula is C38H26N4O7S. The molecule has 11 nitrogen and oxygen atoms in total. The molecule has 0 radical (unpaired) electrons. The Kier molecular flexibility index (Phi) is 9.73. The highest BCUT2D eigenvalue weighted by Gasteiger charge is 2.31. The lowest BCUT2D eigenvalue weighted by Crippen LogP contribution is -2.30. The molecule has 3 amide bonds. The van der Waals surface area contributed by atoms with Gasteiger partial charge in [0.2, 0.25) is 5.91 Å². The minimum atomic E-state index is -0.734. The Morgan fingerprint density at radius 2 is 1.38 bits per heavy atom. The molecule has 0 aliphatic heterocycles. The fourth-order valence-electron chi connectivity index (χ4n) is 5.32. The van der Waals surface area contributed by atoms with Crippen molar-refractivity contribution in [2.24, 2.45) is 0 Å². The number of rotatable bonds is 10. The molecule has 50 heavy (non-hydrogen) atoms. The van der Waals surface area contributed by atoms with Gasteiger partial charge in [0.15, 0.2) is 11.6 Å². The summed E-state index contributed by atoms with van der Waals surface area (Å²) >= 11 is 1.17. The number of carbonyl (C=O) groups excluding carboxylic acids is 5. The monoisotopic (exact) mass is 682 g/mol. The third-order valence-electron chi connectivity index (χ3n) is 7.65. The maximum atomic E-state index is 13.5. The summed E-state index contributed by atoms with van der Waals surface area (Å²) < 4.78 is 0. The Morgan fingerprint density at radius 3 is 2.14 bits per heavy atom. The molecule has 6 rings (SSSR count). The molecule has 246 valence electrons. The van der Waals surface area contributed by atoms with Crippen molar-refractivity contribution in [1.29, 1.82) is 0 Å². The SMILES string of the molecule is O=C(CSc1cccc(NC(=O)/C(=C\c2ccccc2[N+](=O)[O-])NC(=O)c2ccccc2)c1)Nc1cccc2c1C(=O)c1ccccc1C2=O. The van der Waals surface area contributed by atoms with Crippen LogP contribution in [-0.2, 0) is 9.59 Å². The van der Waals surface area contributed by atoms with Crippen LogP contribution in [0, 0.1) is 10.1 Å². The van der Waals surface area contributed by atoms with Gasteiger partial charge >= 0.3 is 0 Å². The predicted octanol–water partition coefficient (Wildman–Crippen LogP) is 6.51. The van der Waals surface area contributed by atoms with E-state index in [4.69, 9.17) is 0 Å². The number of nitrogens with one attached hydrogen (secondary N) is 3. The Labute approximate surface area is 289 Å². The number of benzene rings is 5. The molecule has 0 atom stereocenters. The molecule has 5 aromatic rings. The van der Waals surface area contributed by atoms with Crippen LogP contribution in [0.4, 0.5) is 17.1 Å². The van der Waals surface area contributed by atoms with E-state index < -0.39 is 22.6 Å². The molecule has 0 aromatic heterocycles. The van der Waals surface area contributed by atoms with Crippen LogP contribution in [0.2, 0.25) is 0 Å². The third kappa shape index (κ3) is 7.25. The van der Waals surface area contributed by atoms with Crippen molar-refractivity contribution in [3.63, 3.8) is 0 Å². The third-order valence-corrected chi connectivity index (χ3v) is 8.64. The van der Waals surface area contributed by atoms with Gasteiger partial charge in [0.1, 0.15) is 5.70 Å². The van der Waals surface area contributed by atoms with Gasteiger partial charge in [-0.25, -0.2) is 0 Å². The first-order chi connectivity index (χ1) is 24.2. The maximum Gasteiger partial charge on any atom is 0.276 e. The van der Waals surface area contributed by atoms with Gasteiger partial charge in [-0.05, 0) is 48.5 Å². The van der Waals surface area contributed by atoms with Crippen LogP contribution in [0.25, 0.3) is 6.08 Å². The van der Waals surface area contributed by atoms with Crippen LogP contribution in [0.3, 0.4) is 0 Å². The van der Waals surface area contributed by atoms with Crippen molar-refractivity contribution in [2.45, 2.75) is 4.90 Å². The number of hydrogen-bond donors (Lipinski definition) is 3. The van der Waals surface area contributed by atoms with Crippen LogP contribution in [0.1, 0.15) is 47.8 Å². The number of fused-ring (bicyclic) bond motifs is 2. The number of ketones is 2. The quantitative estimate of drug-likeness (QED) is 0.0637. The second kappa shape index (κ2) is 14.6. The van der Waals surface area contributed by atoms with Gasteiger partial charge in [0.25, 0.3) is 17.5 Å². The van der Waals surface area contributed by atoms with E-state index in [9.17, 15) is 34.1 Å². The second-order valence-corrected chi connectivity index (χ2v) is 12.0. The van der Waals surface area contributed by atoms with Crippen molar-refractivity contribution in [1.82, 2.24) is 5.32 Å². The van der Waals surface area contributed by atoms with E-state index in [1.54, 1.807) is 103 Å². The van der Waals surface area contributed by atoms with Gasteiger partial charge in [0.05, 0.1) is 27.5 Å². The Hall–Kier alpha value is -6.66. The first-order valence-electron chi connectivity index (χ1n) is 15.2. The largest absolute Gasteiger partial charge is 0.325 e. The van der Waals surface area contributed by atoms with E-state index in [2.05, 4.69) is 16.0 Å². The summed E-state index contributed by atoms with van der Waals surface area (Å²) in [4.78, 5) is 77.5. The molecule has 0 saturated heterocycles. The van der Waals surface area contributed by atoms with Crippen LogP contribution >= 0.6 is 11.8 Å². The molecule has 0 unspecified atom stereocenters. The van der Waals surface area contributed by atoms with Crippen molar-refractivity contribution < 1.29 is 28.9 Å². The molecular weight excluding hydrogens is 657 g/mol. The van der Waals surface area contributed by atoms with E-state index in [0.29, 0.717) is 16.1 Å². The molecule has 0 bridgehead atoms. The van der Waals surface area contributed by atoms with Crippen LogP contribution in [-0.4, -0.2) is 40.0 Å². The number of amides is 3. The van der Waals surface area contributed by atoms with E-state index >= 15 is 0 Å². The van der Waals surface area contributed by atoms with E-state index in [1.807, 2.05) is 0 Å². The minimum Gasteiger partial charge on any atom is -0.325 e. The summed E-state index contributed by atoms with van der Waals surface area (Å²) in [5, 5.41) is 19.6. The summed E-state index contributed by atoms with van der Waals surface area (Å²) in [6.45, 7) is 0. The maximum absolute atomic E-state index is 13.5. The topological polar surface area (TPSA) is 165 Å². The van der Waals surface area contributed by atoms with E-state index in [-0.39, 0.29) is 62.2 Å². The van der Waals surface area contributed by atoms with Gasteiger partial charge < -0.3 is 16.0 Å². The summed E-state index contributed by atoms with van der Waals surface area (Å²) in [5.74, 6) is -2.44. The average molecular weight is 683 g/mol. The van der Waals surface area contributed by atoms with Gasteiger partial charge in [-0.1, -0.05) is 72.8 Å². The second-order valence-electron chi connectivity index (χ2n) is 10.9. The van der Waals surface area contributed by atoms with Crippen LogP contribution in [0.5, 0.6) is 0 Å². The smallest absolute Gasteiger partial charge is 0.276 e. The molecule has 0 heterocycles. The lowest BCUT2D eigenvalue weighted by molar-refractivity contribution is -0.385. The molecule has 0 fully saturated rings. The Balaban J connectivity index is 1.16. The van der Waals surface area contributed by atoms with Crippen LogP contribution < -0.4 is 16.0 Å². The number of para-hydroxylation sites is 1. The standard InChI is InChI=1S/C38H26N4O7S/c43-33(40-30-18-9-17-29-34(30)36(45)28-16-6-5-15-27(28)35(29)44)22-50-26-14-8-13-25(21-26)39-38(47)31(41-37(46)23-10-2-1-3-11-23)20-24-12-4-7-19-32(24)42(48)49/h1-21H,22H2,(H,39,47)(H,40,43)(H,41,46)/b31-20+. The Morgan fingerprint density at radius 1 is 0.720 bits per heavy atom. The average Bonchev–Trinajstić information content (AvgIpc) is 3.13. The first kappa shape index (κ1) is 33.2. The molecule has 0 saturated carbocycles. The van der Waals surface area contributed by atoms with Crippen molar-refractivity contribution in [3.8, 4) is 0 Å². The number of nitrogens with zero attached hydrogens (tertiary/aromatic N) is 1. The fourth-order valence-corrected chi connectivity index (χ4v) is 6.08. The fraction of sp³-hybridized carbons (Fsp3) is 0.0263. The number of thioether (sulfide) groups is 1. The van der Waals surface area contributed by atoms with Crippen LogP contribution in [0.15, 0.2) is 132 Å². The number of nitro benzene ring substituents is 1. The lowest BCUT2D eigenvalue weighted by Gasteiger charge is -2.20. The molecule has 1 aliphatic carbocycles. The van der Waals surface area contributed by atoms with Gasteiger partial charge in [-0.2, -0.15) is 0 Å². The highest BCUT2D eigenvalue weighted by Crippen LogP contribution is 2.32. The van der Waals surface area contributed by atoms with E-state index in [1.165, 1.54) is 36.0 Å². The zero-order valence-electron chi connectivity index (χ0n) is 26.0. The van der Waals surface area contributed by atoms with Gasteiger partial charge in [-0.3, -0.25) is 34.1 Å². The predicted molar refractivity (Wildman–Crippen MR) is 189 cm³/mol. The Bertz CT molecular complexity index is 2230. The molecule has 5 aromatic carbocycles. The molecule has 3 N–H and O–H groups in total. The molecule has 0 spiro atoms. The normalized spacial score (nSPS) is 12.0. The zero-order chi connectivity index (χ0) is 35.2. The minimum absolute atomic E-state index is 0.0598. The molecule has 1 aliphatic rings. The first-order valence-corrected chi connectivity index (χ1v) is 16.1. The van der Waals surface area contributed by atoms with Crippen molar-refractivity contribution in [2.75, 3.05) is 16.4 Å². The van der Waals surface area contributed by atoms with Crippen molar-refractivity contribution in [3.05, 3.63) is 171 Å². The molecule has 12 heteroatoms. The zero-order valence-corrected chi connectivity index (χ0v) is 26.9. The summed E-state index contributed by atoms with van der Waals surface area (Å²) in [6, 6.07) is 31.9. The summed E-state index contributed by atoms with van der Waals surface area (Å²) in [7, 11) is 0. The number of carbonyl (C=O) groups is 5. The van der Waals surface area contributed by atoms with Gasteiger partial charge in [0, 0.05) is 38.9 Å². The number of nitro groups is 1. The van der Waals surface area contributed by atoms with Crippen molar-refractivity contribution >= 4 is 64.2 Å². The lowest BCUT2D eigenvalue weighted by atomic mass is 9.83. The highest BCUT2D eigenvalue weighted by molar-refractivity contribution is 8.00. The highest BCUT2D eigenvalue weighted by atomic mass is 32.2. The number of hydrogen-bond acceptors (Lipinski definition) is 8. The summed E-state index contributed by atoms with van der Waals surface area (Å²) in [5.41, 5.74) is 1.44. The van der Waals surface area contributed by atoms with E-state index in [0.717, 1.165) is 0 Å². The summed E-state index contributed by atoms with van der Waals surface area (Å²) in [6.07, 6.45) is 1.23.